The number of nitro groups is 1. The van der Waals surface area contributed by atoms with Crippen LogP contribution >= 0.6 is 0 Å². The van der Waals surface area contributed by atoms with Crippen LogP contribution in [0.1, 0.15) is 25.7 Å². The molecule has 0 spiro atoms. The Morgan fingerprint density at radius 1 is 1.26 bits per heavy atom. The van der Waals surface area contributed by atoms with Crippen molar-refractivity contribution in [1.29, 1.82) is 0 Å². The van der Waals surface area contributed by atoms with Gasteiger partial charge >= 0.3 is 5.69 Å². The molecule has 0 unspecified atom stereocenters. The summed E-state index contributed by atoms with van der Waals surface area (Å²) in [6, 6.07) is 1.13. The van der Waals surface area contributed by atoms with Crippen LogP contribution in [-0.4, -0.2) is 22.2 Å². The summed E-state index contributed by atoms with van der Waals surface area (Å²) in [7, 11) is 0. The van der Waals surface area contributed by atoms with Crippen LogP contribution in [0.15, 0.2) is 12.1 Å². The van der Waals surface area contributed by atoms with Crippen LogP contribution in [-0.2, 0) is 0 Å². The molecule has 104 valence electrons. The number of nitro benzene ring substituents is 1. The summed E-state index contributed by atoms with van der Waals surface area (Å²) in [5.41, 5.74) is -0.936. The number of hydrogen-bond donors (Lipinski definition) is 1. The van der Waals surface area contributed by atoms with Gasteiger partial charge in [-0.25, -0.2) is 4.39 Å². The van der Waals surface area contributed by atoms with Gasteiger partial charge in [0.25, 0.3) is 0 Å². The maximum Gasteiger partial charge on any atom is 0.307 e. The fraction of sp³-hybridized carbons (Fsp3) is 0.500. The molecule has 19 heavy (non-hydrogen) atoms. The van der Waals surface area contributed by atoms with E-state index >= 15 is 0 Å². The Kier molecular flexibility index (Phi) is 3.94. The van der Waals surface area contributed by atoms with E-state index in [1.165, 1.54) is 0 Å². The van der Waals surface area contributed by atoms with Crippen molar-refractivity contribution in [1.82, 2.24) is 0 Å². The van der Waals surface area contributed by atoms with Crippen molar-refractivity contribution < 1.29 is 23.5 Å². The molecule has 0 bridgehead atoms. The molecule has 0 aromatic heterocycles. The minimum Gasteiger partial charge on any atom is -0.485 e. The molecule has 1 aliphatic rings. The van der Waals surface area contributed by atoms with Crippen LogP contribution in [0.25, 0.3) is 0 Å². The van der Waals surface area contributed by atoms with Gasteiger partial charge in [0.2, 0.25) is 5.82 Å². The monoisotopic (exact) mass is 273 g/mol. The Hall–Kier alpha value is -1.76. The maximum absolute atomic E-state index is 13.6. The van der Waals surface area contributed by atoms with Crippen molar-refractivity contribution >= 4 is 5.69 Å². The minimum absolute atomic E-state index is 0.408. The lowest BCUT2D eigenvalue weighted by atomic mass is 9.95. The molecule has 2 atom stereocenters. The first kappa shape index (κ1) is 13.7. The van der Waals surface area contributed by atoms with Crippen LogP contribution in [0.4, 0.5) is 14.5 Å². The van der Waals surface area contributed by atoms with Gasteiger partial charge < -0.3 is 9.84 Å². The highest BCUT2D eigenvalue weighted by Crippen LogP contribution is 2.30. The second-order valence-corrected chi connectivity index (χ2v) is 4.50. The molecule has 0 amide bonds. The first-order valence-electron chi connectivity index (χ1n) is 5.97. The molecule has 7 heteroatoms. The summed E-state index contributed by atoms with van der Waals surface area (Å²) < 4.78 is 32.2. The predicted molar refractivity (Wildman–Crippen MR) is 61.9 cm³/mol. The van der Waals surface area contributed by atoms with Crippen molar-refractivity contribution in [3.8, 4) is 5.75 Å². The number of rotatable bonds is 3. The second kappa shape index (κ2) is 5.48. The van der Waals surface area contributed by atoms with Gasteiger partial charge in [-0.3, -0.25) is 10.1 Å². The third-order valence-electron chi connectivity index (χ3n) is 3.14. The standard InChI is InChI=1S/C12H13F2NO4/c13-7-6-12(8(14)5-9(7)15(17)18)19-11-4-2-1-3-10(11)16/h5-6,10-11,16H,1-4H2/t10-,11-/m1/s1. The predicted octanol–water partition coefficient (Wildman–Crippen LogP) is 2.56. The van der Waals surface area contributed by atoms with Gasteiger partial charge in [-0.15, -0.1) is 0 Å². The molecule has 1 aromatic rings. The largest absolute Gasteiger partial charge is 0.485 e. The van der Waals surface area contributed by atoms with Gasteiger partial charge in [0.1, 0.15) is 6.10 Å². The molecule has 0 aliphatic heterocycles. The van der Waals surface area contributed by atoms with Gasteiger partial charge in [0.15, 0.2) is 11.6 Å². The van der Waals surface area contributed by atoms with Gasteiger partial charge in [-0.1, -0.05) is 6.42 Å². The zero-order valence-corrected chi connectivity index (χ0v) is 10.0. The number of halogens is 2. The summed E-state index contributed by atoms with van der Waals surface area (Å²) in [5, 5.41) is 20.1. The molecule has 1 saturated carbocycles. The average molecular weight is 273 g/mol. The van der Waals surface area contributed by atoms with Gasteiger partial charge in [0.05, 0.1) is 17.1 Å². The molecule has 0 radical (unpaired) electrons. The maximum atomic E-state index is 13.6. The minimum atomic E-state index is -1.16. The van der Waals surface area contributed by atoms with Gasteiger partial charge in [-0.2, -0.15) is 4.39 Å². The molecule has 1 N–H and O–H groups in total. The first-order valence-corrected chi connectivity index (χ1v) is 5.97. The van der Waals surface area contributed by atoms with Gasteiger partial charge in [0, 0.05) is 6.07 Å². The number of nitrogens with zero attached hydrogens (tertiary/aromatic N) is 1. The second-order valence-electron chi connectivity index (χ2n) is 4.50. The molecule has 0 heterocycles. The van der Waals surface area contributed by atoms with E-state index in [9.17, 15) is 24.0 Å². The quantitative estimate of drug-likeness (QED) is 0.678. The number of aliphatic hydroxyl groups excluding tert-OH is 1. The molecular weight excluding hydrogens is 260 g/mol. The van der Waals surface area contributed by atoms with Crippen molar-refractivity contribution in [2.24, 2.45) is 0 Å². The number of aliphatic hydroxyl groups is 1. The van der Waals surface area contributed by atoms with Gasteiger partial charge in [-0.05, 0) is 19.3 Å². The lowest BCUT2D eigenvalue weighted by Crippen LogP contribution is -2.34. The van der Waals surface area contributed by atoms with Crippen LogP contribution in [0, 0.1) is 21.7 Å². The summed E-state index contributed by atoms with van der Waals surface area (Å²) >= 11 is 0. The van der Waals surface area contributed by atoms with Crippen molar-refractivity contribution in [3.05, 3.63) is 33.9 Å². The Morgan fingerprint density at radius 3 is 2.58 bits per heavy atom. The lowest BCUT2D eigenvalue weighted by molar-refractivity contribution is -0.387. The Morgan fingerprint density at radius 2 is 1.95 bits per heavy atom. The van der Waals surface area contributed by atoms with Crippen molar-refractivity contribution in [2.45, 2.75) is 37.9 Å². The zero-order chi connectivity index (χ0) is 14.0. The topological polar surface area (TPSA) is 72.6 Å². The first-order chi connectivity index (χ1) is 8.99. The van der Waals surface area contributed by atoms with Crippen molar-refractivity contribution in [2.75, 3.05) is 0 Å². The van der Waals surface area contributed by atoms with E-state index < -0.39 is 40.2 Å². The molecular formula is C12H13F2NO4. The summed E-state index contributed by atoms with van der Waals surface area (Å²) in [6.07, 6.45) is 1.44. The molecule has 0 saturated heterocycles. The normalized spacial score (nSPS) is 23.1. The third-order valence-corrected chi connectivity index (χ3v) is 3.14. The fourth-order valence-corrected chi connectivity index (χ4v) is 2.13. The van der Waals surface area contributed by atoms with E-state index in [0.717, 1.165) is 12.8 Å². The average Bonchev–Trinajstić information content (AvgIpc) is 2.35. The van der Waals surface area contributed by atoms with E-state index in [4.69, 9.17) is 4.74 Å². The molecule has 2 rings (SSSR count). The Balaban J connectivity index is 2.21. The van der Waals surface area contributed by atoms with E-state index in [2.05, 4.69) is 0 Å². The van der Waals surface area contributed by atoms with Crippen LogP contribution < -0.4 is 4.74 Å². The van der Waals surface area contributed by atoms with E-state index in [1.54, 1.807) is 0 Å². The van der Waals surface area contributed by atoms with Crippen LogP contribution in [0.5, 0.6) is 5.75 Å². The molecule has 5 nitrogen and oxygen atoms in total. The summed E-state index contributed by atoms with van der Waals surface area (Å²) in [6.45, 7) is 0. The van der Waals surface area contributed by atoms with Crippen molar-refractivity contribution in [3.63, 3.8) is 0 Å². The number of ether oxygens (including phenoxy) is 1. The molecule has 1 fully saturated rings. The number of hydrogen-bond acceptors (Lipinski definition) is 4. The van der Waals surface area contributed by atoms with E-state index in [0.29, 0.717) is 25.0 Å². The summed E-state index contributed by atoms with van der Waals surface area (Å²) in [5.74, 6) is -2.58. The third kappa shape index (κ3) is 2.98. The SMILES string of the molecule is O=[N+]([O-])c1cc(F)c(O[C@@H]2CCCC[C@H]2O)cc1F. The smallest absolute Gasteiger partial charge is 0.307 e. The van der Waals surface area contributed by atoms with Crippen LogP contribution in [0.2, 0.25) is 0 Å². The lowest BCUT2D eigenvalue weighted by Gasteiger charge is -2.28. The number of benzene rings is 1. The Labute approximate surface area is 108 Å². The van der Waals surface area contributed by atoms with E-state index in [1.807, 2.05) is 0 Å². The highest BCUT2D eigenvalue weighted by molar-refractivity contribution is 5.39. The molecule has 1 aromatic carbocycles. The highest BCUT2D eigenvalue weighted by atomic mass is 19.1. The summed E-state index contributed by atoms with van der Waals surface area (Å²) in [4.78, 5) is 9.44. The highest BCUT2D eigenvalue weighted by Gasteiger charge is 2.27. The van der Waals surface area contributed by atoms with E-state index in [-0.39, 0.29) is 0 Å². The zero-order valence-electron chi connectivity index (χ0n) is 10.0. The fourth-order valence-electron chi connectivity index (χ4n) is 2.13. The molecule has 1 aliphatic carbocycles. The van der Waals surface area contributed by atoms with Crippen LogP contribution in [0.3, 0.4) is 0 Å². The Bertz CT molecular complexity index is 495.